The molecule has 0 unspecified atom stereocenters. The molecule has 0 radical (unpaired) electrons. The van der Waals surface area contributed by atoms with Crippen LogP contribution in [-0.2, 0) is 10.9 Å². The van der Waals surface area contributed by atoms with Crippen molar-refractivity contribution < 1.29 is 22.7 Å². The number of rotatable bonds is 2. The van der Waals surface area contributed by atoms with Gasteiger partial charge < -0.3 is 10.1 Å². The molecule has 0 aliphatic carbocycles. The molecule has 0 fully saturated rings. The maximum absolute atomic E-state index is 12.9. The van der Waals surface area contributed by atoms with E-state index < -0.39 is 29.5 Å². The van der Waals surface area contributed by atoms with Crippen molar-refractivity contribution in [1.82, 2.24) is 5.32 Å². The average Bonchev–Trinajstić information content (AvgIpc) is 2.24. The molecular weight excluding hydrogens is 283 g/mol. The topological polar surface area (TPSA) is 38.3 Å². The highest BCUT2D eigenvalue weighted by Gasteiger charge is 2.33. The first-order chi connectivity index (χ1) is 9.42. The highest BCUT2D eigenvalue weighted by molar-refractivity contribution is 5.68. The van der Waals surface area contributed by atoms with Gasteiger partial charge >= 0.3 is 12.3 Å². The lowest BCUT2D eigenvalue weighted by Gasteiger charge is -2.23. The van der Waals surface area contributed by atoms with Crippen molar-refractivity contribution in [2.45, 2.75) is 52.4 Å². The SMILES string of the molecule is Cc1c([C@@H](C)OC(=O)NC(C)(C)C)cccc1C(F)(F)F. The number of amides is 1. The van der Waals surface area contributed by atoms with Crippen molar-refractivity contribution >= 4 is 6.09 Å². The van der Waals surface area contributed by atoms with E-state index in [2.05, 4.69) is 5.32 Å². The van der Waals surface area contributed by atoms with Gasteiger partial charge in [-0.25, -0.2) is 4.79 Å². The van der Waals surface area contributed by atoms with Crippen LogP contribution in [0.5, 0.6) is 0 Å². The summed E-state index contributed by atoms with van der Waals surface area (Å²) in [5, 5.41) is 2.60. The van der Waals surface area contributed by atoms with Crippen LogP contribution in [0.3, 0.4) is 0 Å². The minimum absolute atomic E-state index is 0.0704. The fourth-order valence-corrected chi connectivity index (χ4v) is 1.96. The molecule has 1 rings (SSSR count). The number of alkyl carbamates (subject to hydrolysis) is 1. The van der Waals surface area contributed by atoms with Crippen LogP contribution in [-0.4, -0.2) is 11.6 Å². The van der Waals surface area contributed by atoms with E-state index in [0.717, 1.165) is 6.07 Å². The van der Waals surface area contributed by atoms with E-state index in [9.17, 15) is 18.0 Å². The van der Waals surface area contributed by atoms with E-state index in [-0.39, 0.29) is 5.56 Å². The third kappa shape index (κ3) is 4.95. The molecule has 1 atom stereocenters. The molecule has 1 amide bonds. The normalized spacial score (nSPS) is 13.7. The Balaban J connectivity index is 2.94. The molecule has 0 aliphatic heterocycles. The number of benzene rings is 1. The van der Waals surface area contributed by atoms with Crippen LogP contribution in [0.1, 0.15) is 50.5 Å². The first-order valence-corrected chi connectivity index (χ1v) is 6.57. The molecule has 0 saturated heterocycles. The molecule has 1 N–H and O–H groups in total. The van der Waals surface area contributed by atoms with Crippen molar-refractivity contribution in [2.75, 3.05) is 0 Å². The molecule has 0 saturated carbocycles. The van der Waals surface area contributed by atoms with Crippen molar-refractivity contribution in [3.8, 4) is 0 Å². The summed E-state index contributed by atoms with van der Waals surface area (Å²) in [5.74, 6) is 0. The van der Waals surface area contributed by atoms with Gasteiger partial charge in [-0.15, -0.1) is 0 Å². The van der Waals surface area contributed by atoms with Crippen LogP contribution in [0.2, 0.25) is 0 Å². The Morgan fingerprint density at radius 2 is 1.81 bits per heavy atom. The van der Waals surface area contributed by atoms with Gasteiger partial charge in [0.1, 0.15) is 6.10 Å². The number of carbonyl (C=O) groups is 1. The van der Waals surface area contributed by atoms with Gasteiger partial charge in [-0.05, 0) is 51.8 Å². The van der Waals surface area contributed by atoms with Gasteiger partial charge in [0.05, 0.1) is 5.56 Å². The summed E-state index contributed by atoms with van der Waals surface area (Å²) in [5.41, 5.74) is -0.777. The summed E-state index contributed by atoms with van der Waals surface area (Å²) in [4.78, 5) is 11.7. The zero-order chi connectivity index (χ0) is 16.4. The van der Waals surface area contributed by atoms with Crippen LogP contribution in [0.25, 0.3) is 0 Å². The smallest absolute Gasteiger partial charge is 0.416 e. The van der Waals surface area contributed by atoms with E-state index in [1.165, 1.54) is 19.1 Å². The quantitative estimate of drug-likeness (QED) is 0.867. The standard InChI is InChI=1S/C15H20F3NO2/c1-9-11(7-6-8-12(9)15(16,17)18)10(2)21-13(20)19-14(3,4)5/h6-8,10H,1-5H3,(H,19,20)/t10-/m1/s1. The molecule has 0 aliphatic rings. The lowest BCUT2D eigenvalue weighted by molar-refractivity contribution is -0.138. The molecule has 0 heterocycles. The average molecular weight is 303 g/mol. The summed E-state index contributed by atoms with van der Waals surface area (Å²) in [6, 6.07) is 3.85. The van der Waals surface area contributed by atoms with Crippen molar-refractivity contribution in [3.63, 3.8) is 0 Å². The van der Waals surface area contributed by atoms with Crippen molar-refractivity contribution in [1.29, 1.82) is 0 Å². The van der Waals surface area contributed by atoms with Crippen LogP contribution < -0.4 is 5.32 Å². The number of halogens is 3. The van der Waals surface area contributed by atoms with Crippen LogP contribution in [0.15, 0.2) is 18.2 Å². The number of carbonyl (C=O) groups excluding carboxylic acids is 1. The van der Waals surface area contributed by atoms with Gasteiger partial charge in [0.25, 0.3) is 0 Å². The fraction of sp³-hybridized carbons (Fsp3) is 0.533. The molecule has 0 bridgehead atoms. The number of ether oxygens (including phenoxy) is 1. The third-order valence-corrected chi connectivity index (χ3v) is 2.88. The Morgan fingerprint density at radius 1 is 1.24 bits per heavy atom. The van der Waals surface area contributed by atoms with Crippen LogP contribution >= 0.6 is 0 Å². The van der Waals surface area contributed by atoms with Gasteiger partial charge in [-0.2, -0.15) is 13.2 Å². The Labute approximate surface area is 122 Å². The summed E-state index contributed by atoms with van der Waals surface area (Å²) in [7, 11) is 0. The molecule has 0 aromatic heterocycles. The van der Waals surface area contributed by atoms with Crippen LogP contribution in [0.4, 0.5) is 18.0 Å². The van der Waals surface area contributed by atoms with Crippen LogP contribution in [0, 0.1) is 6.92 Å². The zero-order valence-corrected chi connectivity index (χ0v) is 12.8. The Hall–Kier alpha value is -1.72. The second kappa shape index (κ2) is 5.95. The van der Waals surface area contributed by atoms with Crippen molar-refractivity contribution in [3.05, 3.63) is 34.9 Å². The summed E-state index contributed by atoms with van der Waals surface area (Å²) < 4.78 is 43.7. The number of alkyl halides is 3. The molecule has 3 nitrogen and oxygen atoms in total. The molecule has 1 aromatic rings. The van der Waals surface area contributed by atoms with Crippen molar-refractivity contribution in [2.24, 2.45) is 0 Å². The van der Waals surface area contributed by atoms with Gasteiger partial charge in [-0.3, -0.25) is 0 Å². The zero-order valence-electron chi connectivity index (χ0n) is 12.8. The number of nitrogens with one attached hydrogen (secondary N) is 1. The van der Waals surface area contributed by atoms with E-state index in [1.54, 1.807) is 27.7 Å². The second-order valence-electron chi connectivity index (χ2n) is 5.94. The Morgan fingerprint density at radius 3 is 2.29 bits per heavy atom. The minimum Gasteiger partial charge on any atom is -0.442 e. The monoisotopic (exact) mass is 303 g/mol. The van der Waals surface area contributed by atoms with Gasteiger partial charge in [0, 0.05) is 5.54 Å². The van der Waals surface area contributed by atoms with Gasteiger partial charge in [0.2, 0.25) is 0 Å². The predicted molar refractivity (Wildman–Crippen MR) is 74.0 cm³/mol. The lowest BCUT2D eigenvalue weighted by Crippen LogP contribution is -2.41. The largest absolute Gasteiger partial charge is 0.442 e. The maximum Gasteiger partial charge on any atom is 0.416 e. The molecule has 21 heavy (non-hydrogen) atoms. The maximum atomic E-state index is 12.9. The number of hydrogen-bond donors (Lipinski definition) is 1. The lowest BCUT2D eigenvalue weighted by atomic mass is 9.98. The fourth-order valence-electron chi connectivity index (χ4n) is 1.96. The second-order valence-corrected chi connectivity index (χ2v) is 5.94. The van der Waals surface area contributed by atoms with Gasteiger partial charge in [-0.1, -0.05) is 12.1 Å². The molecule has 0 spiro atoms. The molecule has 1 aromatic carbocycles. The molecule has 118 valence electrons. The molecular formula is C15H20F3NO2. The Kier molecular flexibility index (Phi) is 4.91. The van der Waals surface area contributed by atoms with E-state index in [1.807, 2.05) is 0 Å². The van der Waals surface area contributed by atoms with Gasteiger partial charge in [0.15, 0.2) is 0 Å². The first-order valence-electron chi connectivity index (χ1n) is 6.57. The highest BCUT2D eigenvalue weighted by atomic mass is 19.4. The van der Waals surface area contributed by atoms with E-state index in [0.29, 0.717) is 5.56 Å². The van der Waals surface area contributed by atoms with E-state index in [4.69, 9.17) is 4.74 Å². The first kappa shape index (κ1) is 17.3. The highest BCUT2D eigenvalue weighted by Crippen LogP contribution is 2.35. The summed E-state index contributed by atoms with van der Waals surface area (Å²) in [6.07, 6.45) is -5.85. The number of hydrogen-bond acceptors (Lipinski definition) is 2. The third-order valence-electron chi connectivity index (χ3n) is 2.88. The van der Waals surface area contributed by atoms with E-state index >= 15 is 0 Å². The summed E-state index contributed by atoms with van der Waals surface area (Å²) in [6.45, 7) is 8.28. The minimum atomic E-state index is -4.42. The predicted octanol–water partition coefficient (Wildman–Crippen LogP) is 4.60. The summed E-state index contributed by atoms with van der Waals surface area (Å²) >= 11 is 0. The molecule has 6 heteroatoms. The Bertz CT molecular complexity index is 519.